The molecule has 6 heteroatoms. The Bertz CT molecular complexity index is 434. The lowest BCUT2D eigenvalue weighted by molar-refractivity contribution is 0.151. The molecule has 19 heavy (non-hydrogen) atoms. The largest absolute Gasteiger partial charge is 0.598 e. The standard InChI is InChI=1S/C13H18F3NOS/c1-8(17-19(18)13(2,3)4)10-6-5-9(12(15)16)7-11(10)14/h5-8,12,17H,1-4H3/t8?,19-/m1/s1. The molecule has 2 nitrogen and oxygen atoms in total. The number of benzene rings is 1. The molecule has 1 rings (SSSR count). The van der Waals surface area contributed by atoms with Crippen molar-refractivity contribution in [1.82, 2.24) is 4.72 Å². The fraction of sp³-hybridized carbons (Fsp3) is 0.538. The average Bonchev–Trinajstić information content (AvgIpc) is 2.26. The maximum Gasteiger partial charge on any atom is 0.263 e. The third-order valence-corrected chi connectivity index (χ3v) is 4.26. The molecule has 0 aromatic heterocycles. The van der Waals surface area contributed by atoms with E-state index in [1.54, 1.807) is 27.7 Å². The van der Waals surface area contributed by atoms with Gasteiger partial charge in [0, 0.05) is 22.5 Å². The number of hydrogen-bond donors (Lipinski definition) is 1. The molecular formula is C13H18F3NOS. The Labute approximate surface area is 114 Å². The first kappa shape index (κ1) is 16.3. The highest BCUT2D eigenvalue weighted by molar-refractivity contribution is 7.90. The summed E-state index contributed by atoms with van der Waals surface area (Å²) < 4.78 is 52.8. The van der Waals surface area contributed by atoms with E-state index < -0.39 is 34.4 Å². The van der Waals surface area contributed by atoms with Crippen molar-refractivity contribution in [3.05, 3.63) is 35.1 Å². The number of nitrogens with one attached hydrogen (secondary N) is 1. The summed E-state index contributed by atoms with van der Waals surface area (Å²) in [6.07, 6.45) is -2.70. The van der Waals surface area contributed by atoms with Crippen molar-refractivity contribution in [1.29, 1.82) is 0 Å². The zero-order valence-electron chi connectivity index (χ0n) is 11.3. The molecule has 0 bridgehead atoms. The molecule has 0 aliphatic heterocycles. The van der Waals surface area contributed by atoms with E-state index in [9.17, 15) is 17.7 Å². The molecule has 1 N–H and O–H groups in total. The lowest BCUT2D eigenvalue weighted by Gasteiger charge is -2.26. The molecular weight excluding hydrogens is 275 g/mol. The molecule has 0 spiro atoms. The van der Waals surface area contributed by atoms with Crippen LogP contribution in [0.1, 0.15) is 51.3 Å². The topological polar surface area (TPSA) is 35.1 Å². The quantitative estimate of drug-likeness (QED) is 0.855. The first-order valence-corrected chi connectivity index (χ1v) is 7.03. The molecule has 108 valence electrons. The highest BCUT2D eigenvalue weighted by Gasteiger charge is 2.29. The molecule has 1 aromatic carbocycles. The summed E-state index contributed by atoms with van der Waals surface area (Å²) in [4.78, 5) is 0. The monoisotopic (exact) mass is 293 g/mol. The van der Waals surface area contributed by atoms with Crippen molar-refractivity contribution in [2.24, 2.45) is 0 Å². The average molecular weight is 293 g/mol. The van der Waals surface area contributed by atoms with Gasteiger partial charge in [-0.05, 0) is 33.8 Å². The van der Waals surface area contributed by atoms with E-state index in [2.05, 4.69) is 4.72 Å². The van der Waals surface area contributed by atoms with E-state index in [0.29, 0.717) is 0 Å². The van der Waals surface area contributed by atoms with Crippen LogP contribution in [0, 0.1) is 5.82 Å². The van der Waals surface area contributed by atoms with Crippen molar-refractivity contribution in [2.75, 3.05) is 0 Å². The summed E-state index contributed by atoms with van der Waals surface area (Å²) in [6, 6.07) is 2.78. The second-order valence-corrected chi connectivity index (χ2v) is 7.30. The van der Waals surface area contributed by atoms with Gasteiger partial charge in [0.2, 0.25) is 0 Å². The van der Waals surface area contributed by atoms with E-state index in [4.69, 9.17) is 0 Å². The van der Waals surface area contributed by atoms with Gasteiger partial charge in [0.25, 0.3) is 6.43 Å². The lowest BCUT2D eigenvalue weighted by atomic mass is 10.1. The zero-order valence-corrected chi connectivity index (χ0v) is 12.2. The molecule has 0 saturated heterocycles. The fourth-order valence-electron chi connectivity index (χ4n) is 1.43. The van der Waals surface area contributed by atoms with E-state index >= 15 is 0 Å². The molecule has 0 aliphatic carbocycles. The van der Waals surface area contributed by atoms with Crippen LogP contribution in [0.2, 0.25) is 0 Å². The van der Waals surface area contributed by atoms with E-state index in [-0.39, 0.29) is 11.1 Å². The Morgan fingerprint density at radius 3 is 2.26 bits per heavy atom. The van der Waals surface area contributed by atoms with Crippen LogP contribution in [0.25, 0.3) is 0 Å². The minimum Gasteiger partial charge on any atom is -0.598 e. The number of halogens is 3. The first-order valence-electron chi connectivity index (χ1n) is 5.88. The Morgan fingerprint density at radius 1 is 1.26 bits per heavy atom. The summed E-state index contributed by atoms with van der Waals surface area (Å²) in [7, 11) is 0. The summed E-state index contributed by atoms with van der Waals surface area (Å²) in [5.41, 5.74) is -0.132. The van der Waals surface area contributed by atoms with Gasteiger partial charge >= 0.3 is 0 Å². The van der Waals surface area contributed by atoms with Crippen LogP contribution in [-0.2, 0) is 11.4 Å². The van der Waals surface area contributed by atoms with Crippen LogP contribution >= 0.6 is 0 Å². The zero-order chi connectivity index (χ0) is 14.8. The summed E-state index contributed by atoms with van der Waals surface area (Å²) in [6.45, 7) is 7.02. The fourth-order valence-corrected chi connectivity index (χ4v) is 2.23. The van der Waals surface area contributed by atoms with Crippen LogP contribution in [0.4, 0.5) is 13.2 Å². The molecule has 0 aliphatic rings. The summed E-state index contributed by atoms with van der Waals surface area (Å²) in [5.74, 6) is -0.719. The van der Waals surface area contributed by atoms with Crippen LogP contribution in [-0.4, -0.2) is 9.30 Å². The predicted octanol–water partition coefficient (Wildman–Crippen LogP) is 3.88. The predicted molar refractivity (Wildman–Crippen MR) is 70.8 cm³/mol. The summed E-state index contributed by atoms with van der Waals surface area (Å²) in [5, 5.41) is 0. The van der Waals surface area contributed by atoms with E-state index in [1.165, 1.54) is 12.1 Å². The molecule has 1 unspecified atom stereocenters. The normalized spacial score (nSPS) is 15.6. The summed E-state index contributed by atoms with van der Waals surface area (Å²) >= 11 is -1.36. The van der Waals surface area contributed by atoms with Crippen molar-refractivity contribution in [2.45, 2.75) is 44.9 Å². The van der Waals surface area contributed by atoms with E-state index in [0.717, 1.165) is 6.07 Å². The Morgan fingerprint density at radius 2 is 1.84 bits per heavy atom. The van der Waals surface area contributed by atoms with Gasteiger partial charge in [0.1, 0.15) is 10.6 Å². The van der Waals surface area contributed by atoms with Gasteiger partial charge in [-0.25, -0.2) is 13.2 Å². The van der Waals surface area contributed by atoms with Gasteiger partial charge in [0.15, 0.2) is 0 Å². The number of alkyl halides is 2. The number of rotatable bonds is 4. The van der Waals surface area contributed by atoms with Crippen molar-refractivity contribution < 1.29 is 17.7 Å². The molecule has 0 heterocycles. The Hall–Kier alpha value is -0.720. The molecule has 0 radical (unpaired) electrons. The van der Waals surface area contributed by atoms with Crippen LogP contribution in [0.15, 0.2) is 18.2 Å². The SMILES string of the molecule is CC(N[S@+]([O-])C(C)(C)C)c1ccc(C(F)F)cc1F. The van der Waals surface area contributed by atoms with Crippen molar-refractivity contribution in [3.63, 3.8) is 0 Å². The maximum atomic E-state index is 13.7. The Kier molecular flexibility index (Phi) is 5.29. The van der Waals surface area contributed by atoms with Crippen LogP contribution in [0.3, 0.4) is 0 Å². The van der Waals surface area contributed by atoms with Crippen LogP contribution in [0.5, 0.6) is 0 Å². The third kappa shape index (κ3) is 4.40. The highest BCUT2D eigenvalue weighted by Crippen LogP contribution is 2.25. The molecule has 0 fully saturated rings. The van der Waals surface area contributed by atoms with Gasteiger partial charge < -0.3 is 4.55 Å². The lowest BCUT2D eigenvalue weighted by Crippen LogP contribution is -2.40. The minimum atomic E-state index is -2.70. The highest BCUT2D eigenvalue weighted by atomic mass is 32.2. The van der Waals surface area contributed by atoms with Crippen LogP contribution < -0.4 is 4.72 Å². The van der Waals surface area contributed by atoms with Gasteiger partial charge in [-0.1, -0.05) is 12.1 Å². The van der Waals surface area contributed by atoms with E-state index in [1.807, 2.05) is 0 Å². The molecule has 1 aromatic rings. The molecule has 0 amide bonds. The smallest absolute Gasteiger partial charge is 0.263 e. The van der Waals surface area contributed by atoms with Gasteiger partial charge in [-0.3, -0.25) is 0 Å². The maximum absolute atomic E-state index is 13.7. The minimum absolute atomic E-state index is 0.224. The van der Waals surface area contributed by atoms with Crippen molar-refractivity contribution >= 4 is 11.4 Å². The van der Waals surface area contributed by atoms with Crippen molar-refractivity contribution in [3.8, 4) is 0 Å². The van der Waals surface area contributed by atoms with Gasteiger partial charge in [-0.15, -0.1) is 4.72 Å². The number of hydrogen-bond acceptors (Lipinski definition) is 2. The van der Waals surface area contributed by atoms with Gasteiger partial charge in [0.05, 0.1) is 6.04 Å². The Balaban J connectivity index is 2.86. The molecule has 0 saturated carbocycles. The van der Waals surface area contributed by atoms with Gasteiger partial charge in [-0.2, -0.15) is 0 Å². The second-order valence-electron chi connectivity index (χ2n) is 5.30. The first-order chi connectivity index (χ1) is 8.62. The molecule has 2 atom stereocenters. The second kappa shape index (κ2) is 6.15. The third-order valence-electron chi connectivity index (χ3n) is 2.58.